The number of hydrogen-bond donors (Lipinski definition) is 2. The molecule has 2 rings (SSSR count). The third kappa shape index (κ3) is 5.59. The zero-order valence-corrected chi connectivity index (χ0v) is 17.8. The van der Waals surface area contributed by atoms with Gasteiger partial charge in [0.25, 0.3) is 0 Å². The van der Waals surface area contributed by atoms with Gasteiger partial charge in [-0.2, -0.15) is 0 Å². The molecular weight excluding hydrogens is 308 g/mol. The monoisotopic (exact) mass is 348 g/mol. The molecule has 2 saturated heterocycles. The summed E-state index contributed by atoms with van der Waals surface area (Å²) in [5.41, 5.74) is 3.04. The van der Waals surface area contributed by atoms with E-state index in [0.29, 0.717) is 11.8 Å². The lowest BCUT2D eigenvalue weighted by Crippen LogP contribution is -2.47. The fourth-order valence-electron chi connectivity index (χ4n) is 4.50. The molecule has 3 nitrogen and oxygen atoms in total. The van der Waals surface area contributed by atoms with Crippen molar-refractivity contribution in [2.75, 3.05) is 13.1 Å². The van der Waals surface area contributed by atoms with Gasteiger partial charge >= 0.3 is 0 Å². The lowest BCUT2D eigenvalue weighted by atomic mass is 9.81. The quantitative estimate of drug-likeness (QED) is 0.690. The van der Waals surface area contributed by atoms with Crippen molar-refractivity contribution in [3.05, 3.63) is 22.7 Å². The summed E-state index contributed by atoms with van der Waals surface area (Å²) >= 11 is 0. The molecule has 0 saturated carbocycles. The summed E-state index contributed by atoms with van der Waals surface area (Å²) in [5.74, 6) is 3.49. The number of piperidine rings is 2. The normalized spacial score (nSPS) is 28.2. The van der Waals surface area contributed by atoms with E-state index in [0.717, 1.165) is 38.8 Å². The predicted molar refractivity (Wildman–Crippen MR) is 107 cm³/mol. The Balaban J connectivity index is 2.22. The van der Waals surface area contributed by atoms with E-state index in [1.54, 1.807) is 0 Å². The maximum atomic E-state index is 6.74. The van der Waals surface area contributed by atoms with E-state index in [1.165, 1.54) is 22.7 Å². The summed E-state index contributed by atoms with van der Waals surface area (Å²) in [6.07, 6.45) is 4.61. The van der Waals surface area contributed by atoms with E-state index in [9.17, 15) is 0 Å². The summed E-state index contributed by atoms with van der Waals surface area (Å²) in [7, 11) is 0. The van der Waals surface area contributed by atoms with Gasteiger partial charge in [-0.25, -0.2) is 0 Å². The second-order valence-corrected chi connectivity index (χ2v) is 9.83. The van der Waals surface area contributed by atoms with Crippen LogP contribution in [-0.2, 0) is 4.74 Å². The first-order valence-electron chi connectivity index (χ1n) is 10.0. The van der Waals surface area contributed by atoms with Crippen LogP contribution < -0.4 is 10.6 Å². The molecule has 144 valence electrons. The summed E-state index contributed by atoms with van der Waals surface area (Å²) in [6, 6.07) is 0. The summed E-state index contributed by atoms with van der Waals surface area (Å²) in [5, 5.41) is 7.27. The molecule has 2 atom stereocenters. The molecule has 0 aromatic rings. The Kier molecular flexibility index (Phi) is 6.43. The molecule has 0 radical (unpaired) electrons. The third-order valence-electron chi connectivity index (χ3n) is 5.65. The van der Waals surface area contributed by atoms with Crippen LogP contribution in [0.1, 0.15) is 81.1 Å². The van der Waals surface area contributed by atoms with Gasteiger partial charge in [0.05, 0.1) is 0 Å². The van der Waals surface area contributed by atoms with Gasteiger partial charge in [0.2, 0.25) is 0 Å². The van der Waals surface area contributed by atoms with Crippen LogP contribution in [-0.4, -0.2) is 24.2 Å². The van der Waals surface area contributed by atoms with Gasteiger partial charge in [-0.3, -0.25) is 0 Å². The molecule has 0 aromatic carbocycles. The Labute approximate surface area is 155 Å². The Morgan fingerprint density at radius 2 is 1.08 bits per heavy atom. The van der Waals surface area contributed by atoms with Crippen molar-refractivity contribution in [1.29, 1.82) is 0 Å². The third-order valence-corrected chi connectivity index (χ3v) is 5.65. The molecule has 2 heterocycles. The van der Waals surface area contributed by atoms with Crippen LogP contribution in [0.4, 0.5) is 0 Å². The summed E-state index contributed by atoms with van der Waals surface area (Å²) in [4.78, 5) is 0. The minimum absolute atomic E-state index is 0.189. The van der Waals surface area contributed by atoms with E-state index in [-0.39, 0.29) is 11.1 Å². The highest BCUT2D eigenvalue weighted by molar-refractivity contribution is 5.18. The average molecular weight is 349 g/mol. The first-order chi connectivity index (χ1) is 11.5. The highest BCUT2D eigenvalue weighted by atomic mass is 16.5. The van der Waals surface area contributed by atoms with E-state index >= 15 is 0 Å². The molecule has 3 heteroatoms. The van der Waals surface area contributed by atoms with E-state index in [4.69, 9.17) is 4.74 Å². The number of ether oxygens (including phenoxy) is 1. The molecule has 2 fully saturated rings. The Hall–Kier alpha value is -0.800. The van der Waals surface area contributed by atoms with Crippen LogP contribution in [0.25, 0.3) is 0 Å². The summed E-state index contributed by atoms with van der Waals surface area (Å²) < 4.78 is 6.74. The lowest BCUT2D eigenvalue weighted by Gasteiger charge is -2.40. The first-order valence-corrected chi connectivity index (χ1v) is 10.0. The Morgan fingerprint density at radius 1 is 0.720 bits per heavy atom. The lowest BCUT2D eigenvalue weighted by molar-refractivity contribution is 0.135. The average Bonchev–Trinajstić information content (AvgIpc) is 2.44. The molecular formula is C22H40N2O. The standard InChI is InChI=1S/C22H40N2O/c1-15(2)19(17-9-11-23-21(5,6)13-17)25-20(16(3)4)18-10-12-24-22(7,8)14-18/h17-18,23-24H,9-14H2,1-8H3. The van der Waals surface area contributed by atoms with E-state index in [2.05, 4.69) is 66.0 Å². The van der Waals surface area contributed by atoms with Crippen molar-refractivity contribution in [3.8, 4) is 0 Å². The second kappa shape index (κ2) is 7.84. The Morgan fingerprint density at radius 3 is 1.36 bits per heavy atom. The minimum atomic E-state index is 0.189. The van der Waals surface area contributed by atoms with Gasteiger partial charge in [-0.1, -0.05) is 0 Å². The number of nitrogens with one attached hydrogen (secondary N) is 2. The second-order valence-electron chi connectivity index (χ2n) is 9.83. The van der Waals surface area contributed by atoms with Crippen molar-refractivity contribution in [1.82, 2.24) is 10.6 Å². The molecule has 0 aliphatic carbocycles. The van der Waals surface area contributed by atoms with Crippen molar-refractivity contribution < 1.29 is 4.74 Å². The largest absolute Gasteiger partial charge is 0.466 e. The van der Waals surface area contributed by atoms with Gasteiger partial charge in [0.15, 0.2) is 0 Å². The highest BCUT2D eigenvalue weighted by Gasteiger charge is 2.34. The molecule has 0 amide bonds. The topological polar surface area (TPSA) is 33.3 Å². The number of allylic oxidation sites excluding steroid dienone is 4. The van der Waals surface area contributed by atoms with Crippen LogP contribution >= 0.6 is 0 Å². The van der Waals surface area contributed by atoms with Crippen molar-refractivity contribution in [3.63, 3.8) is 0 Å². The Bertz CT molecular complexity index is 486. The smallest absolute Gasteiger partial charge is 0.105 e. The maximum Gasteiger partial charge on any atom is 0.105 e. The minimum Gasteiger partial charge on any atom is -0.466 e. The van der Waals surface area contributed by atoms with Crippen LogP contribution in [0, 0.1) is 11.8 Å². The SMILES string of the molecule is CC(C)=C(OC(=C(C)C)C1CCNC(C)(C)C1)C1CCNC(C)(C)C1. The fourth-order valence-corrected chi connectivity index (χ4v) is 4.50. The van der Waals surface area contributed by atoms with Crippen molar-refractivity contribution >= 4 is 0 Å². The first kappa shape index (κ1) is 20.5. The molecule has 0 bridgehead atoms. The number of hydrogen-bond acceptors (Lipinski definition) is 3. The van der Waals surface area contributed by atoms with Crippen LogP contribution in [0.15, 0.2) is 22.7 Å². The summed E-state index contributed by atoms with van der Waals surface area (Å²) in [6.45, 7) is 20.2. The molecule has 2 aliphatic heterocycles. The zero-order chi connectivity index (χ0) is 18.8. The van der Waals surface area contributed by atoms with Crippen molar-refractivity contribution in [2.24, 2.45) is 11.8 Å². The molecule has 25 heavy (non-hydrogen) atoms. The van der Waals surface area contributed by atoms with Crippen molar-refractivity contribution in [2.45, 2.75) is 92.2 Å². The van der Waals surface area contributed by atoms with E-state index < -0.39 is 0 Å². The van der Waals surface area contributed by atoms with Gasteiger partial charge < -0.3 is 15.4 Å². The predicted octanol–water partition coefficient (Wildman–Crippen LogP) is 5.15. The molecule has 0 aromatic heterocycles. The van der Waals surface area contributed by atoms with Gasteiger partial charge in [-0.05, 0) is 105 Å². The van der Waals surface area contributed by atoms with Gasteiger partial charge in [0, 0.05) is 22.9 Å². The van der Waals surface area contributed by atoms with Gasteiger partial charge in [0.1, 0.15) is 11.5 Å². The molecule has 2 unspecified atom stereocenters. The zero-order valence-electron chi connectivity index (χ0n) is 17.8. The fraction of sp³-hybridized carbons (Fsp3) is 0.818. The highest BCUT2D eigenvalue weighted by Crippen LogP contribution is 2.38. The molecule has 0 spiro atoms. The number of rotatable bonds is 4. The van der Waals surface area contributed by atoms with E-state index in [1.807, 2.05) is 0 Å². The maximum absolute atomic E-state index is 6.74. The van der Waals surface area contributed by atoms with Crippen LogP contribution in [0.3, 0.4) is 0 Å². The molecule has 2 N–H and O–H groups in total. The van der Waals surface area contributed by atoms with Crippen LogP contribution in [0.2, 0.25) is 0 Å². The van der Waals surface area contributed by atoms with Crippen LogP contribution in [0.5, 0.6) is 0 Å². The van der Waals surface area contributed by atoms with Gasteiger partial charge in [-0.15, -0.1) is 0 Å². The molecule has 2 aliphatic rings.